The molecule has 2 atom stereocenters. The van der Waals surface area contributed by atoms with Gasteiger partial charge in [-0.15, -0.1) is 12.4 Å². The molecule has 154 valence electrons. The first-order chi connectivity index (χ1) is 12.9. The van der Waals surface area contributed by atoms with Gasteiger partial charge in [0.2, 0.25) is 5.91 Å². The normalized spacial score (nSPS) is 21.7. The molecule has 8 nitrogen and oxygen atoms in total. The van der Waals surface area contributed by atoms with Crippen molar-refractivity contribution >= 4 is 29.9 Å². The third-order valence-corrected chi connectivity index (χ3v) is 5.27. The summed E-state index contributed by atoms with van der Waals surface area (Å²) in [4.78, 5) is 37.3. The number of aryl methyl sites for hydroxylation is 1. The number of non-ortho nitro benzene ring substituents is 1. The Kier molecular flexibility index (Phi) is 7.77. The van der Waals surface area contributed by atoms with E-state index in [0.717, 1.165) is 32.2 Å². The minimum atomic E-state index is -0.477. The fraction of sp³-hybridized carbons (Fsp3) is 0.579. The van der Waals surface area contributed by atoms with Crippen molar-refractivity contribution in [1.82, 2.24) is 15.5 Å². The highest BCUT2D eigenvalue weighted by atomic mass is 35.5. The van der Waals surface area contributed by atoms with Gasteiger partial charge in [-0.05, 0) is 56.7 Å². The lowest BCUT2D eigenvalue weighted by Gasteiger charge is -2.33. The van der Waals surface area contributed by atoms with Gasteiger partial charge in [-0.3, -0.25) is 19.7 Å². The summed E-state index contributed by atoms with van der Waals surface area (Å²) in [5, 5.41) is 17.2. The summed E-state index contributed by atoms with van der Waals surface area (Å²) in [5.74, 6) is 0.0494. The van der Waals surface area contributed by atoms with Gasteiger partial charge in [0, 0.05) is 37.3 Å². The lowest BCUT2D eigenvalue weighted by atomic mass is 9.97. The maximum Gasteiger partial charge on any atom is 0.270 e. The van der Waals surface area contributed by atoms with Crippen LogP contribution in [0.1, 0.15) is 41.6 Å². The molecule has 2 aliphatic heterocycles. The zero-order valence-corrected chi connectivity index (χ0v) is 16.8. The Morgan fingerprint density at radius 3 is 2.75 bits per heavy atom. The van der Waals surface area contributed by atoms with Crippen LogP contribution < -0.4 is 10.6 Å². The third kappa shape index (κ3) is 5.42. The zero-order valence-electron chi connectivity index (χ0n) is 16.0. The van der Waals surface area contributed by atoms with Gasteiger partial charge in [0.15, 0.2) is 0 Å². The van der Waals surface area contributed by atoms with Gasteiger partial charge in [-0.2, -0.15) is 0 Å². The number of carbonyl (C=O) groups is 2. The molecule has 2 aliphatic rings. The molecule has 0 aromatic heterocycles. The molecule has 2 unspecified atom stereocenters. The van der Waals surface area contributed by atoms with Gasteiger partial charge in [0.25, 0.3) is 11.6 Å². The Labute approximate surface area is 170 Å². The van der Waals surface area contributed by atoms with E-state index in [1.807, 2.05) is 0 Å². The Morgan fingerprint density at radius 2 is 2.07 bits per heavy atom. The molecule has 2 amide bonds. The van der Waals surface area contributed by atoms with Gasteiger partial charge < -0.3 is 15.5 Å². The number of nitrogens with zero attached hydrogens (tertiary/aromatic N) is 2. The number of rotatable bonds is 5. The van der Waals surface area contributed by atoms with E-state index in [1.165, 1.54) is 12.1 Å². The third-order valence-electron chi connectivity index (χ3n) is 5.27. The lowest BCUT2D eigenvalue weighted by Crippen LogP contribution is -2.46. The minimum Gasteiger partial charge on any atom is -0.354 e. The average Bonchev–Trinajstić information content (AvgIpc) is 3.20. The van der Waals surface area contributed by atoms with Crippen molar-refractivity contribution in [3.8, 4) is 0 Å². The molecule has 1 aromatic rings. The SMILES string of the molecule is Cc1cc(C(=O)N2CCCC(CNC(=O)C3CCCN3)C2)cc([N+](=O)[O-])c1.Cl. The van der Waals surface area contributed by atoms with E-state index in [0.29, 0.717) is 30.8 Å². The van der Waals surface area contributed by atoms with E-state index in [-0.39, 0.29) is 41.9 Å². The molecule has 0 aliphatic carbocycles. The van der Waals surface area contributed by atoms with Crippen LogP contribution in [0.25, 0.3) is 0 Å². The molecule has 2 fully saturated rings. The standard InChI is InChI=1S/C19H26N4O4.ClH/c1-13-8-15(10-16(9-13)23(26)27)19(25)22-7-3-4-14(12-22)11-21-18(24)17-5-2-6-20-17;/h8-10,14,17,20H,2-7,11-12H2,1H3,(H,21,24);1H. The first-order valence-corrected chi connectivity index (χ1v) is 9.50. The second kappa shape index (κ2) is 9.84. The van der Waals surface area contributed by atoms with Crippen LogP contribution in [0.2, 0.25) is 0 Å². The van der Waals surface area contributed by atoms with Crippen molar-refractivity contribution in [2.24, 2.45) is 5.92 Å². The van der Waals surface area contributed by atoms with E-state index >= 15 is 0 Å². The minimum absolute atomic E-state index is 0. The fourth-order valence-electron chi connectivity index (χ4n) is 3.87. The van der Waals surface area contributed by atoms with Crippen molar-refractivity contribution in [2.75, 3.05) is 26.2 Å². The zero-order chi connectivity index (χ0) is 19.4. The number of hydrogen-bond donors (Lipinski definition) is 2. The molecule has 28 heavy (non-hydrogen) atoms. The van der Waals surface area contributed by atoms with Gasteiger partial charge in [0.05, 0.1) is 11.0 Å². The average molecular weight is 411 g/mol. The van der Waals surface area contributed by atoms with Crippen LogP contribution in [0.5, 0.6) is 0 Å². The van der Waals surface area contributed by atoms with Crippen LogP contribution in [0.3, 0.4) is 0 Å². The lowest BCUT2D eigenvalue weighted by molar-refractivity contribution is -0.384. The van der Waals surface area contributed by atoms with Crippen LogP contribution >= 0.6 is 12.4 Å². The van der Waals surface area contributed by atoms with Crippen molar-refractivity contribution < 1.29 is 14.5 Å². The maximum absolute atomic E-state index is 12.8. The van der Waals surface area contributed by atoms with Crippen molar-refractivity contribution in [2.45, 2.75) is 38.6 Å². The highest BCUT2D eigenvalue weighted by Crippen LogP contribution is 2.22. The Hall–Kier alpha value is -2.19. The highest BCUT2D eigenvalue weighted by molar-refractivity contribution is 5.95. The molecule has 2 saturated heterocycles. The summed E-state index contributed by atoms with van der Waals surface area (Å²) in [5.41, 5.74) is 0.974. The number of nitro groups is 1. The summed E-state index contributed by atoms with van der Waals surface area (Å²) in [6, 6.07) is 4.39. The van der Waals surface area contributed by atoms with Gasteiger partial charge in [0.1, 0.15) is 0 Å². The topological polar surface area (TPSA) is 105 Å². The summed E-state index contributed by atoms with van der Waals surface area (Å²) in [7, 11) is 0. The van der Waals surface area contributed by atoms with E-state index in [2.05, 4.69) is 10.6 Å². The molecule has 0 bridgehead atoms. The largest absolute Gasteiger partial charge is 0.354 e. The first-order valence-electron chi connectivity index (χ1n) is 9.50. The van der Waals surface area contributed by atoms with Crippen LogP contribution in [-0.2, 0) is 4.79 Å². The Balaban J connectivity index is 0.00000280. The molecule has 3 rings (SSSR count). The van der Waals surface area contributed by atoms with E-state index in [9.17, 15) is 19.7 Å². The van der Waals surface area contributed by atoms with Crippen molar-refractivity contribution in [3.63, 3.8) is 0 Å². The summed E-state index contributed by atoms with van der Waals surface area (Å²) >= 11 is 0. The highest BCUT2D eigenvalue weighted by Gasteiger charge is 2.27. The molecular weight excluding hydrogens is 384 g/mol. The number of halogens is 1. The number of nitrogens with one attached hydrogen (secondary N) is 2. The predicted molar refractivity (Wildman–Crippen MR) is 108 cm³/mol. The number of carbonyl (C=O) groups excluding carboxylic acids is 2. The van der Waals surface area contributed by atoms with E-state index in [1.54, 1.807) is 17.9 Å². The number of hydrogen-bond acceptors (Lipinski definition) is 5. The molecule has 1 aromatic carbocycles. The van der Waals surface area contributed by atoms with Crippen LogP contribution in [0, 0.1) is 23.0 Å². The first kappa shape index (κ1) is 22.1. The van der Waals surface area contributed by atoms with E-state index < -0.39 is 4.92 Å². The molecule has 2 heterocycles. The van der Waals surface area contributed by atoms with Gasteiger partial charge in [-0.25, -0.2) is 0 Å². The quantitative estimate of drug-likeness (QED) is 0.571. The summed E-state index contributed by atoms with van der Waals surface area (Å²) in [6.45, 7) is 4.37. The van der Waals surface area contributed by atoms with Crippen LogP contribution in [-0.4, -0.2) is 53.9 Å². The smallest absolute Gasteiger partial charge is 0.270 e. The second-order valence-electron chi connectivity index (χ2n) is 7.47. The number of benzene rings is 1. The maximum atomic E-state index is 12.8. The Bertz CT molecular complexity index is 737. The molecule has 2 N–H and O–H groups in total. The molecule has 0 spiro atoms. The van der Waals surface area contributed by atoms with Crippen molar-refractivity contribution in [3.05, 3.63) is 39.4 Å². The molecule has 0 radical (unpaired) electrons. The summed E-state index contributed by atoms with van der Waals surface area (Å²) < 4.78 is 0. The second-order valence-corrected chi connectivity index (χ2v) is 7.47. The number of piperidine rings is 1. The van der Waals surface area contributed by atoms with Gasteiger partial charge in [-0.1, -0.05) is 0 Å². The summed E-state index contributed by atoms with van der Waals surface area (Å²) in [6.07, 6.45) is 3.71. The van der Waals surface area contributed by atoms with Crippen molar-refractivity contribution in [1.29, 1.82) is 0 Å². The van der Waals surface area contributed by atoms with Gasteiger partial charge >= 0.3 is 0 Å². The van der Waals surface area contributed by atoms with Crippen LogP contribution in [0.15, 0.2) is 18.2 Å². The van der Waals surface area contributed by atoms with E-state index in [4.69, 9.17) is 0 Å². The predicted octanol–water partition coefficient (Wildman–Crippen LogP) is 2.05. The Morgan fingerprint density at radius 1 is 1.29 bits per heavy atom. The fourth-order valence-corrected chi connectivity index (χ4v) is 3.87. The number of amides is 2. The molecular formula is C19H27ClN4O4. The molecule has 9 heteroatoms. The monoisotopic (exact) mass is 410 g/mol. The number of likely N-dealkylation sites (tertiary alicyclic amines) is 1. The molecule has 0 saturated carbocycles. The number of nitro benzene ring substituents is 1. The van der Waals surface area contributed by atoms with Crippen LogP contribution in [0.4, 0.5) is 5.69 Å².